The third-order valence-electron chi connectivity index (χ3n) is 3.41. The number of rotatable bonds is 2. The zero-order valence-corrected chi connectivity index (χ0v) is 12.7. The highest BCUT2D eigenvalue weighted by molar-refractivity contribution is 7.16. The first-order valence-corrected chi connectivity index (χ1v) is 7.81. The van der Waals surface area contributed by atoms with Crippen LogP contribution in [-0.4, -0.2) is 0 Å². The van der Waals surface area contributed by atoms with Gasteiger partial charge in [0.1, 0.15) is 5.82 Å². The molecule has 1 aliphatic rings. The molecule has 0 amide bonds. The molecule has 0 saturated carbocycles. The fraction of sp³-hybridized carbons (Fsp3) is 0.286. The van der Waals surface area contributed by atoms with Gasteiger partial charge in [0.25, 0.3) is 0 Å². The fourth-order valence-corrected chi connectivity index (χ4v) is 4.16. The summed E-state index contributed by atoms with van der Waals surface area (Å²) in [6.07, 6.45) is 2.86. The molecule has 0 fully saturated rings. The smallest absolute Gasteiger partial charge is 0.150 e. The first-order chi connectivity index (χ1) is 9.54. The SMILES string of the molecule is Fc1cc(F)c(NC2CCCc3sc(Cl)cc32)c(Cl)c1. The van der Waals surface area contributed by atoms with E-state index in [0.29, 0.717) is 0 Å². The Hall–Kier alpha value is -0.840. The van der Waals surface area contributed by atoms with Gasteiger partial charge in [0, 0.05) is 10.9 Å². The van der Waals surface area contributed by atoms with Crippen molar-refractivity contribution in [2.24, 2.45) is 0 Å². The predicted molar refractivity (Wildman–Crippen MR) is 80.0 cm³/mol. The number of fused-ring (bicyclic) bond motifs is 1. The van der Waals surface area contributed by atoms with Gasteiger partial charge in [-0.25, -0.2) is 8.78 Å². The molecule has 1 nitrogen and oxygen atoms in total. The van der Waals surface area contributed by atoms with E-state index in [9.17, 15) is 8.78 Å². The van der Waals surface area contributed by atoms with Crippen molar-refractivity contribution in [2.45, 2.75) is 25.3 Å². The largest absolute Gasteiger partial charge is 0.375 e. The Kier molecular flexibility index (Phi) is 3.89. The maximum Gasteiger partial charge on any atom is 0.150 e. The van der Waals surface area contributed by atoms with E-state index in [1.807, 2.05) is 6.07 Å². The standard InChI is InChI=1S/C14H11Cl2F2NS/c15-9-4-7(17)5-10(18)14(9)19-11-2-1-3-12-8(11)6-13(16)20-12/h4-6,11,19H,1-3H2. The fourth-order valence-electron chi connectivity index (χ4n) is 2.53. The van der Waals surface area contributed by atoms with Gasteiger partial charge in [-0.3, -0.25) is 0 Å². The van der Waals surface area contributed by atoms with Crippen molar-refractivity contribution in [3.63, 3.8) is 0 Å². The molecule has 0 bridgehead atoms. The number of nitrogens with one attached hydrogen (secondary N) is 1. The monoisotopic (exact) mass is 333 g/mol. The molecule has 1 aromatic carbocycles. The van der Waals surface area contributed by atoms with E-state index in [1.165, 1.54) is 4.88 Å². The molecule has 6 heteroatoms. The lowest BCUT2D eigenvalue weighted by molar-refractivity contribution is 0.573. The quantitative estimate of drug-likeness (QED) is 0.729. The van der Waals surface area contributed by atoms with Gasteiger partial charge in [-0.05, 0) is 37.0 Å². The van der Waals surface area contributed by atoms with E-state index in [0.717, 1.165) is 41.3 Å². The summed E-state index contributed by atoms with van der Waals surface area (Å²) in [6.45, 7) is 0. The zero-order chi connectivity index (χ0) is 14.3. The normalized spacial score (nSPS) is 17.9. The molecule has 1 unspecified atom stereocenters. The van der Waals surface area contributed by atoms with Crippen LogP contribution in [0.3, 0.4) is 0 Å². The number of anilines is 1. The first-order valence-electron chi connectivity index (χ1n) is 6.24. The van der Waals surface area contributed by atoms with Crippen LogP contribution in [-0.2, 0) is 6.42 Å². The third-order valence-corrected chi connectivity index (χ3v) is 5.05. The lowest BCUT2D eigenvalue weighted by atomic mass is 9.94. The van der Waals surface area contributed by atoms with E-state index >= 15 is 0 Å². The number of thiophene rings is 1. The second-order valence-corrected chi connectivity index (χ2v) is 6.94. The molecule has 1 aliphatic carbocycles. The van der Waals surface area contributed by atoms with Gasteiger partial charge in [0.05, 0.1) is 21.1 Å². The molecule has 1 atom stereocenters. The van der Waals surface area contributed by atoms with Gasteiger partial charge in [-0.2, -0.15) is 0 Å². The number of hydrogen-bond acceptors (Lipinski definition) is 2. The molecule has 3 rings (SSSR count). The minimum Gasteiger partial charge on any atom is -0.375 e. The van der Waals surface area contributed by atoms with Crippen molar-refractivity contribution in [1.82, 2.24) is 0 Å². The van der Waals surface area contributed by atoms with Gasteiger partial charge in [0.15, 0.2) is 5.82 Å². The average molecular weight is 334 g/mol. The second-order valence-electron chi connectivity index (χ2n) is 4.76. The summed E-state index contributed by atoms with van der Waals surface area (Å²) in [6, 6.07) is 3.81. The van der Waals surface area contributed by atoms with E-state index in [2.05, 4.69) is 5.32 Å². The van der Waals surface area contributed by atoms with Crippen LogP contribution in [0.4, 0.5) is 14.5 Å². The molecule has 0 radical (unpaired) electrons. The predicted octanol–water partition coefficient (Wildman–Crippen LogP) is 5.82. The van der Waals surface area contributed by atoms with Crippen LogP contribution < -0.4 is 5.32 Å². The van der Waals surface area contributed by atoms with Gasteiger partial charge in [0.2, 0.25) is 0 Å². The first kappa shape index (κ1) is 14.1. The molecule has 20 heavy (non-hydrogen) atoms. The van der Waals surface area contributed by atoms with Gasteiger partial charge in [-0.1, -0.05) is 23.2 Å². The van der Waals surface area contributed by atoms with Crippen LogP contribution in [0.5, 0.6) is 0 Å². The van der Waals surface area contributed by atoms with Crippen molar-refractivity contribution < 1.29 is 8.78 Å². The molecular weight excluding hydrogens is 323 g/mol. The number of aryl methyl sites for hydroxylation is 1. The highest BCUT2D eigenvalue weighted by Gasteiger charge is 2.24. The molecule has 0 saturated heterocycles. The summed E-state index contributed by atoms with van der Waals surface area (Å²) in [4.78, 5) is 1.22. The summed E-state index contributed by atoms with van der Waals surface area (Å²) in [7, 11) is 0. The Morgan fingerprint density at radius 3 is 2.75 bits per heavy atom. The van der Waals surface area contributed by atoms with Crippen molar-refractivity contribution in [3.8, 4) is 0 Å². The summed E-state index contributed by atoms with van der Waals surface area (Å²) in [5.74, 6) is -1.36. The molecule has 0 spiro atoms. The maximum atomic E-state index is 13.8. The zero-order valence-electron chi connectivity index (χ0n) is 10.4. The maximum absolute atomic E-state index is 13.8. The minimum absolute atomic E-state index is 0.0417. The van der Waals surface area contributed by atoms with Gasteiger partial charge < -0.3 is 5.32 Å². The third kappa shape index (κ3) is 2.65. The molecule has 2 aromatic rings. The lowest BCUT2D eigenvalue weighted by Crippen LogP contribution is -2.16. The minimum atomic E-state index is -0.680. The summed E-state index contributed by atoms with van der Waals surface area (Å²) in [5, 5.41) is 3.14. The van der Waals surface area contributed by atoms with Crippen molar-refractivity contribution in [1.29, 1.82) is 0 Å². The molecule has 106 valence electrons. The van der Waals surface area contributed by atoms with Crippen LogP contribution in [0.15, 0.2) is 18.2 Å². The van der Waals surface area contributed by atoms with Crippen LogP contribution in [0.25, 0.3) is 0 Å². The molecular formula is C14H11Cl2F2NS. The van der Waals surface area contributed by atoms with Crippen LogP contribution >= 0.6 is 34.5 Å². The van der Waals surface area contributed by atoms with Gasteiger partial charge in [-0.15, -0.1) is 11.3 Å². The molecule has 1 N–H and O–H groups in total. The van der Waals surface area contributed by atoms with E-state index in [4.69, 9.17) is 23.2 Å². The average Bonchev–Trinajstić information content (AvgIpc) is 2.74. The Labute approximate surface area is 129 Å². The van der Waals surface area contributed by atoms with Crippen LogP contribution in [0.1, 0.15) is 29.3 Å². The Morgan fingerprint density at radius 1 is 1.20 bits per heavy atom. The highest BCUT2D eigenvalue weighted by atomic mass is 35.5. The lowest BCUT2D eigenvalue weighted by Gasteiger charge is -2.25. The van der Waals surface area contributed by atoms with E-state index in [1.54, 1.807) is 11.3 Å². The molecule has 1 heterocycles. The second kappa shape index (κ2) is 5.51. The van der Waals surface area contributed by atoms with E-state index in [-0.39, 0.29) is 16.8 Å². The number of hydrogen-bond donors (Lipinski definition) is 1. The van der Waals surface area contributed by atoms with Crippen molar-refractivity contribution in [3.05, 3.63) is 49.6 Å². The molecule has 0 aliphatic heterocycles. The Bertz CT molecular complexity index is 634. The number of benzene rings is 1. The summed E-state index contributed by atoms with van der Waals surface area (Å²) >= 11 is 13.5. The topological polar surface area (TPSA) is 12.0 Å². The van der Waals surface area contributed by atoms with Crippen molar-refractivity contribution >= 4 is 40.2 Å². The Balaban J connectivity index is 1.93. The summed E-state index contributed by atoms with van der Waals surface area (Å²) in [5.41, 5.74) is 1.24. The Morgan fingerprint density at radius 2 is 2.00 bits per heavy atom. The van der Waals surface area contributed by atoms with Gasteiger partial charge >= 0.3 is 0 Å². The van der Waals surface area contributed by atoms with Crippen LogP contribution in [0, 0.1) is 11.6 Å². The van der Waals surface area contributed by atoms with Crippen LogP contribution in [0.2, 0.25) is 9.36 Å². The molecule has 1 aromatic heterocycles. The van der Waals surface area contributed by atoms with Crippen molar-refractivity contribution in [2.75, 3.05) is 5.32 Å². The summed E-state index contributed by atoms with van der Waals surface area (Å²) < 4.78 is 27.6. The van der Waals surface area contributed by atoms with E-state index < -0.39 is 11.6 Å². The highest BCUT2D eigenvalue weighted by Crippen LogP contribution is 2.40. The number of halogens is 4.